The van der Waals surface area contributed by atoms with E-state index in [4.69, 9.17) is 9.84 Å². The number of hydrogen-bond acceptors (Lipinski definition) is 3. The van der Waals surface area contributed by atoms with E-state index in [0.717, 1.165) is 12.8 Å². The van der Waals surface area contributed by atoms with Crippen LogP contribution in [0, 0.1) is 11.8 Å². The van der Waals surface area contributed by atoms with Crippen molar-refractivity contribution in [2.75, 3.05) is 19.8 Å². The summed E-state index contributed by atoms with van der Waals surface area (Å²) in [4.78, 5) is 22.3. The van der Waals surface area contributed by atoms with Gasteiger partial charge in [0.1, 0.15) is 0 Å². The lowest BCUT2D eigenvalue weighted by atomic mass is 10.0. The lowest BCUT2D eigenvalue weighted by molar-refractivity contribution is -0.141. The van der Waals surface area contributed by atoms with Crippen molar-refractivity contribution in [1.82, 2.24) is 10.6 Å². The third kappa shape index (κ3) is 12.2. The molecule has 0 radical (unpaired) electrons. The smallest absolute Gasteiger partial charge is 0.315 e. The monoisotopic (exact) mass is 302 g/mol. The molecule has 0 aliphatic rings. The SMILES string of the molecule is CC(C)COCCNC(=O)NC(C)CCCC(C)C(=O)O. The Morgan fingerprint density at radius 2 is 1.81 bits per heavy atom. The fourth-order valence-corrected chi connectivity index (χ4v) is 1.76. The molecule has 0 aromatic rings. The molecule has 6 nitrogen and oxygen atoms in total. The maximum absolute atomic E-state index is 11.6. The molecule has 0 bridgehead atoms. The van der Waals surface area contributed by atoms with Crippen LogP contribution in [-0.2, 0) is 9.53 Å². The molecule has 0 aliphatic heterocycles. The van der Waals surface area contributed by atoms with E-state index in [1.807, 2.05) is 6.92 Å². The number of amides is 2. The number of nitrogens with one attached hydrogen (secondary N) is 2. The molecule has 0 rings (SSSR count). The van der Waals surface area contributed by atoms with Crippen molar-refractivity contribution in [2.45, 2.75) is 53.0 Å². The summed E-state index contributed by atoms with van der Waals surface area (Å²) >= 11 is 0. The predicted molar refractivity (Wildman–Crippen MR) is 82.3 cm³/mol. The van der Waals surface area contributed by atoms with Gasteiger partial charge in [-0.15, -0.1) is 0 Å². The molecule has 0 fully saturated rings. The molecule has 0 aliphatic carbocycles. The summed E-state index contributed by atoms with van der Waals surface area (Å²) in [5, 5.41) is 14.3. The quantitative estimate of drug-likeness (QED) is 0.511. The van der Waals surface area contributed by atoms with Crippen LogP contribution in [0.5, 0.6) is 0 Å². The largest absolute Gasteiger partial charge is 0.481 e. The standard InChI is InChI=1S/C15H30N2O4/c1-11(2)10-21-9-8-16-15(20)17-13(4)7-5-6-12(3)14(18)19/h11-13H,5-10H2,1-4H3,(H,18,19)(H2,16,17,20). The van der Waals surface area contributed by atoms with Crippen LogP contribution in [0.2, 0.25) is 0 Å². The van der Waals surface area contributed by atoms with E-state index in [9.17, 15) is 9.59 Å². The Bertz CT molecular complexity index is 308. The van der Waals surface area contributed by atoms with Gasteiger partial charge in [0.05, 0.1) is 12.5 Å². The predicted octanol–water partition coefficient (Wildman–Crippen LogP) is 2.24. The highest BCUT2D eigenvalue weighted by Crippen LogP contribution is 2.09. The number of carboxylic acids is 1. The van der Waals surface area contributed by atoms with Crippen molar-refractivity contribution in [1.29, 1.82) is 0 Å². The molecule has 0 heterocycles. The molecule has 2 amide bonds. The van der Waals surface area contributed by atoms with E-state index in [-0.39, 0.29) is 18.0 Å². The number of rotatable bonds is 11. The van der Waals surface area contributed by atoms with Crippen LogP contribution in [0.15, 0.2) is 0 Å². The van der Waals surface area contributed by atoms with Crippen LogP contribution >= 0.6 is 0 Å². The van der Waals surface area contributed by atoms with Gasteiger partial charge in [-0.05, 0) is 25.7 Å². The van der Waals surface area contributed by atoms with E-state index in [1.54, 1.807) is 6.92 Å². The highest BCUT2D eigenvalue weighted by atomic mass is 16.5. The number of ether oxygens (including phenoxy) is 1. The zero-order chi connectivity index (χ0) is 16.3. The molecular formula is C15H30N2O4. The summed E-state index contributed by atoms with van der Waals surface area (Å²) in [5.41, 5.74) is 0. The van der Waals surface area contributed by atoms with Gasteiger partial charge in [-0.3, -0.25) is 4.79 Å². The third-order valence-corrected chi connectivity index (χ3v) is 3.06. The molecule has 0 saturated heterocycles. The van der Waals surface area contributed by atoms with Crippen molar-refractivity contribution in [3.8, 4) is 0 Å². The first-order valence-corrected chi connectivity index (χ1v) is 7.67. The van der Waals surface area contributed by atoms with Crippen LogP contribution < -0.4 is 10.6 Å². The van der Waals surface area contributed by atoms with Crippen molar-refractivity contribution >= 4 is 12.0 Å². The Morgan fingerprint density at radius 1 is 1.14 bits per heavy atom. The maximum atomic E-state index is 11.6. The van der Waals surface area contributed by atoms with Gasteiger partial charge in [-0.25, -0.2) is 4.79 Å². The first-order chi connectivity index (χ1) is 9.82. The van der Waals surface area contributed by atoms with E-state index in [1.165, 1.54) is 0 Å². The molecule has 21 heavy (non-hydrogen) atoms. The zero-order valence-corrected chi connectivity index (χ0v) is 13.6. The van der Waals surface area contributed by atoms with Gasteiger partial charge >= 0.3 is 12.0 Å². The van der Waals surface area contributed by atoms with Crippen LogP contribution in [0.1, 0.15) is 47.0 Å². The minimum absolute atomic E-state index is 0.0302. The second kappa shape index (κ2) is 11.4. The van der Waals surface area contributed by atoms with Gasteiger partial charge < -0.3 is 20.5 Å². The first-order valence-electron chi connectivity index (χ1n) is 7.67. The normalized spacial score (nSPS) is 13.8. The molecule has 2 unspecified atom stereocenters. The van der Waals surface area contributed by atoms with E-state index < -0.39 is 5.97 Å². The minimum atomic E-state index is -0.769. The van der Waals surface area contributed by atoms with Gasteiger partial charge in [0.25, 0.3) is 0 Å². The van der Waals surface area contributed by atoms with Crippen molar-refractivity contribution in [3.05, 3.63) is 0 Å². The van der Waals surface area contributed by atoms with Gasteiger partial charge in [0.15, 0.2) is 0 Å². The van der Waals surface area contributed by atoms with Crippen molar-refractivity contribution in [2.24, 2.45) is 11.8 Å². The van der Waals surface area contributed by atoms with E-state index in [2.05, 4.69) is 24.5 Å². The molecule has 3 N–H and O–H groups in total. The fraction of sp³-hybridized carbons (Fsp3) is 0.867. The Balaban J connectivity index is 3.58. The summed E-state index contributed by atoms with van der Waals surface area (Å²) in [6.45, 7) is 9.46. The second-order valence-corrected chi connectivity index (χ2v) is 5.94. The summed E-state index contributed by atoms with van der Waals surface area (Å²) in [6, 6.07) is -0.176. The molecule has 124 valence electrons. The molecular weight excluding hydrogens is 272 g/mol. The molecule has 0 spiro atoms. The Kier molecular flexibility index (Phi) is 10.7. The summed E-state index contributed by atoms with van der Waals surface area (Å²) in [7, 11) is 0. The van der Waals surface area contributed by atoms with Crippen LogP contribution in [-0.4, -0.2) is 42.9 Å². The lowest BCUT2D eigenvalue weighted by Crippen LogP contribution is -2.42. The van der Waals surface area contributed by atoms with Gasteiger partial charge in [0.2, 0.25) is 0 Å². The number of aliphatic carboxylic acids is 1. The zero-order valence-electron chi connectivity index (χ0n) is 13.6. The Hall–Kier alpha value is -1.30. The molecule has 6 heteroatoms. The number of carboxylic acid groups (broad SMARTS) is 1. The summed E-state index contributed by atoms with van der Waals surface area (Å²) < 4.78 is 5.37. The minimum Gasteiger partial charge on any atom is -0.481 e. The lowest BCUT2D eigenvalue weighted by Gasteiger charge is -2.15. The third-order valence-electron chi connectivity index (χ3n) is 3.06. The highest BCUT2D eigenvalue weighted by Gasteiger charge is 2.12. The number of carbonyl (C=O) groups is 2. The van der Waals surface area contributed by atoms with Crippen molar-refractivity contribution < 1.29 is 19.4 Å². The molecule has 2 atom stereocenters. The molecule has 0 saturated carbocycles. The first kappa shape index (κ1) is 19.7. The summed E-state index contributed by atoms with van der Waals surface area (Å²) in [5.74, 6) is -0.606. The average Bonchev–Trinajstić information content (AvgIpc) is 2.37. The van der Waals surface area contributed by atoms with Gasteiger partial charge in [0, 0.05) is 19.2 Å². The van der Waals surface area contributed by atoms with E-state index >= 15 is 0 Å². The number of carbonyl (C=O) groups excluding carboxylic acids is 1. The molecule has 0 aromatic carbocycles. The molecule has 0 aromatic heterocycles. The maximum Gasteiger partial charge on any atom is 0.315 e. The van der Waals surface area contributed by atoms with Crippen LogP contribution in [0.3, 0.4) is 0 Å². The second-order valence-electron chi connectivity index (χ2n) is 5.94. The Morgan fingerprint density at radius 3 is 2.38 bits per heavy atom. The van der Waals surface area contributed by atoms with E-state index in [0.29, 0.717) is 32.1 Å². The van der Waals surface area contributed by atoms with Crippen LogP contribution in [0.25, 0.3) is 0 Å². The van der Waals surface area contributed by atoms with Gasteiger partial charge in [-0.2, -0.15) is 0 Å². The van der Waals surface area contributed by atoms with Gasteiger partial charge in [-0.1, -0.05) is 27.2 Å². The Labute approximate surface area is 127 Å². The topological polar surface area (TPSA) is 87.7 Å². The fourth-order valence-electron chi connectivity index (χ4n) is 1.76. The number of hydrogen-bond donors (Lipinski definition) is 3. The average molecular weight is 302 g/mol. The van der Waals surface area contributed by atoms with Crippen molar-refractivity contribution in [3.63, 3.8) is 0 Å². The number of urea groups is 1. The highest BCUT2D eigenvalue weighted by molar-refractivity contribution is 5.74. The summed E-state index contributed by atoms with van der Waals surface area (Å²) in [6.07, 6.45) is 2.19. The van der Waals surface area contributed by atoms with Crippen LogP contribution in [0.4, 0.5) is 4.79 Å².